The minimum absolute atomic E-state index is 0.548. The predicted octanol–water partition coefficient (Wildman–Crippen LogP) is 1.89. The van der Waals surface area contributed by atoms with E-state index < -0.39 is 0 Å². The fourth-order valence-corrected chi connectivity index (χ4v) is 1.40. The molecule has 0 unspecified atom stereocenters. The molecular weight excluding hydrogens is 174 g/mol. The van der Waals surface area contributed by atoms with Gasteiger partial charge >= 0.3 is 0 Å². The third-order valence-corrected chi connectivity index (χ3v) is 2.17. The molecule has 3 nitrogen and oxygen atoms in total. The summed E-state index contributed by atoms with van der Waals surface area (Å²) >= 11 is 0. The summed E-state index contributed by atoms with van der Waals surface area (Å²) in [6.07, 6.45) is 0.852. The van der Waals surface area contributed by atoms with Gasteiger partial charge in [0.25, 0.3) is 0 Å². The van der Waals surface area contributed by atoms with Gasteiger partial charge in [-0.05, 0) is 12.5 Å². The highest BCUT2D eigenvalue weighted by Crippen LogP contribution is 2.10. The number of hydrogen-bond donors (Lipinski definition) is 2. The van der Waals surface area contributed by atoms with Gasteiger partial charge in [0.1, 0.15) is 5.82 Å². The van der Waals surface area contributed by atoms with Crippen LogP contribution in [-0.4, -0.2) is 10.2 Å². The monoisotopic (exact) mass is 187 g/mol. The number of rotatable bonds is 2. The van der Waals surface area contributed by atoms with E-state index in [0.717, 1.165) is 12.1 Å². The van der Waals surface area contributed by atoms with E-state index in [2.05, 4.69) is 41.4 Å². The Kier molecular flexibility index (Phi) is 2.23. The van der Waals surface area contributed by atoms with Crippen molar-refractivity contribution < 1.29 is 0 Å². The van der Waals surface area contributed by atoms with Crippen molar-refractivity contribution in [3.63, 3.8) is 0 Å². The van der Waals surface area contributed by atoms with Crippen molar-refractivity contribution in [2.45, 2.75) is 13.3 Å². The molecule has 0 radical (unpaired) electrons. The summed E-state index contributed by atoms with van der Waals surface area (Å²) in [5, 5.41) is 6.78. The highest BCUT2D eigenvalue weighted by atomic mass is 15.1. The fourth-order valence-electron chi connectivity index (χ4n) is 1.40. The lowest BCUT2D eigenvalue weighted by Crippen LogP contribution is -1.88. The molecule has 0 atom stereocenters. The number of nitrogens with zero attached hydrogens (tertiary/aromatic N) is 1. The molecule has 3 heteroatoms. The molecule has 0 bridgehead atoms. The molecule has 0 saturated carbocycles. The van der Waals surface area contributed by atoms with Gasteiger partial charge in [-0.3, -0.25) is 5.10 Å². The van der Waals surface area contributed by atoms with E-state index in [4.69, 9.17) is 5.73 Å². The molecule has 0 amide bonds. The topological polar surface area (TPSA) is 54.7 Å². The van der Waals surface area contributed by atoms with Gasteiger partial charge in [0.05, 0.1) is 0 Å². The van der Waals surface area contributed by atoms with Gasteiger partial charge in [0.15, 0.2) is 0 Å². The quantitative estimate of drug-likeness (QED) is 0.754. The molecule has 1 aromatic carbocycles. The lowest BCUT2D eigenvalue weighted by Gasteiger charge is -1.98. The summed E-state index contributed by atoms with van der Waals surface area (Å²) in [6.45, 7) is 2.08. The van der Waals surface area contributed by atoms with Crippen LogP contribution in [0.1, 0.15) is 16.8 Å². The van der Waals surface area contributed by atoms with E-state index in [1.807, 2.05) is 6.07 Å². The standard InChI is InChI=1S/C11H13N3/c1-8-2-4-9(5-3-8)6-10-7-11(12)14-13-10/h2-5,7H,6H2,1H3,(H3,12,13,14). The summed E-state index contributed by atoms with van der Waals surface area (Å²) in [6, 6.07) is 10.3. The summed E-state index contributed by atoms with van der Waals surface area (Å²) in [7, 11) is 0. The first kappa shape index (κ1) is 8.81. The zero-order chi connectivity index (χ0) is 9.97. The Hall–Kier alpha value is -1.77. The van der Waals surface area contributed by atoms with Crippen molar-refractivity contribution in [2.24, 2.45) is 0 Å². The molecule has 3 N–H and O–H groups in total. The van der Waals surface area contributed by atoms with E-state index in [1.165, 1.54) is 11.1 Å². The summed E-state index contributed by atoms with van der Waals surface area (Å²) in [4.78, 5) is 0. The number of H-pyrrole nitrogens is 1. The SMILES string of the molecule is Cc1ccc(Cc2cc(N)n[nH]2)cc1. The van der Waals surface area contributed by atoms with Crippen molar-refractivity contribution in [2.75, 3.05) is 5.73 Å². The molecule has 72 valence electrons. The number of hydrogen-bond acceptors (Lipinski definition) is 2. The highest BCUT2D eigenvalue weighted by molar-refractivity contribution is 5.32. The van der Waals surface area contributed by atoms with Crippen molar-refractivity contribution in [3.05, 3.63) is 47.2 Å². The van der Waals surface area contributed by atoms with E-state index in [1.54, 1.807) is 0 Å². The second kappa shape index (κ2) is 3.54. The smallest absolute Gasteiger partial charge is 0.145 e. The molecule has 0 spiro atoms. The molecule has 0 aliphatic heterocycles. The van der Waals surface area contributed by atoms with Gasteiger partial charge in [-0.25, -0.2) is 0 Å². The molecule has 1 aromatic heterocycles. The zero-order valence-corrected chi connectivity index (χ0v) is 8.12. The first-order chi connectivity index (χ1) is 6.74. The Labute approximate surface area is 83.0 Å². The maximum atomic E-state index is 5.51. The molecule has 2 rings (SSSR count). The van der Waals surface area contributed by atoms with E-state index in [9.17, 15) is 0 Å². The number of nitrogen functional groups attached to an aromatic ring is 1. The van der Waals surface area contributed by atoms with Crippen molar-refractivity contribution in [1.82, 2.24) is 10.2 Å². The molecule has 0 fully saturated rings. The average Bonchev–Trinajstić information content (AvgIpc) is 2.56. The van der Waals surface area contributed by atoms with Crippen LogP contribution in [0, 0.1) is 6.92 Å². The number of aromatic amines is 1. The van der Waals surface area contributed by atoms with Crippen molar-refractivity contribution in [3.8, 4) is 0 Å². The Bertz CT molecular complexity index is 414. The van der Waals surface area contributed by atoms with E-state index >= 15 is 0 Å². The van der Waals surface area contributed by atoms with Gasteiger partial charge in [-0.15, -0.1) is 0 Å². The second-order valence-electron chi connectivity index (χ2n) is 3.48. The zero-order valence-electron chi connectivity index (χ0n) is 8.12. The Balaban J connectivity index is 2.15. The van der Waals surface area contributed by atoms with Crippen LogP contribution in [0.2, 0.25) is 0 Å². The van der Waals surface area contributed by atoms with E-state index in [0.29, 0.717) is 5.82 Å². The van der Waals surface area contributed by atoms with Gasteiger partial charge in [0.2, 0.25) is 0 Å². The molecule has 2 aromatic rings. The molecule has 14 heavy (non-hydrogen) atoms. The molecule has 0 aliphatic rings. The number of benzene rings is 1. The molecule has 0 aliphatic carbocycles. The Morgan fingerprint density at radius 2 is 2.00 bits per heavy atom. The lowest BCUT2D eigenvalue weighted by atomic mass is 10.1. The molecule has 0 saturated heterocycles. The minimum Gasteiger partial charge on any atom is -0.382 e. The molecular formula is C11H13N3. The maximum absolute atomic E-state index is 5.51. The van der Waals surface area contributed by atoms with Crippen LogP contribution in [-0.2, 0) is 6.42 Å². The lowest BCUT2D eigenvalue weighted by molar-refractivity contribution is 0.999. The first-order valence-corrected chi connectivity index (χ1v) is 4.59. The fraction of sp³-hybridized carbons (Fsp3) is 0.182. The van der Waals surface area contributed by atoms with Gasteiger partial charge < -0.3 is 5.73 Å². The van der Waals surface area contributed by atoms with E-state index in [-0.39, 0.29) is 0 Å². The van der Waals surface area contributed by atoms with Crippen LogP contribution in [0.5, 0.6) is 0 Å². The van der Waals surface area contributed by atoms with Gasteiger partial charge in [0, 0.05) is 18.2 Å². The number of anilines is 1. The normalized spacial score (nSPS) is 10.4. The van der Waals surface area contributed by atoms with Gasteiger partial charge in [-0.2, -0.15) is 5.10 Å². The van der Waals surface area contributed by atoms with Crippen LogP contribution < -0.4 is 5.73 Å². The Morgan fingerprint density at radius 1 is 1.29 bits per heavy atom. The summed E-state index contributed by atoms with van der Waals surface area (Å²) in [5.74, 6) is 0.548. The van der Waals surface area contributed by atoms with Gasteiger partial charge in [-0.1, -0.05) is 29.8 Å². The summed E-state index contributed by atoms with van der Waals surface area (Å²) < 4.78 is 0. The number of nitrogens with two attached hydrogens (primary N) is 1. The third-order valence-electron chi connectivity index (χ3n) is 2.17. The average molecular weight is 187 g/mol. The van der Waals surface area contributed by atoms with Crippen LogP contribution in [0.25, 0.3) is 0 Å². The van der Waals surface area contributed by atoms with Crippen molar-refractivity contribution >= 4 is 5.82 Å². The maximum Gasteiger partial charge on any atom is 0.145 e. The van der Waals surface area contributed by atoms with Crippen LogP contribution in [0.4, 0.5) is 5.82 Å². The predicted molar refractivity (Wildman–Crippen MR) is 57.0 cm³/mol. The second-order valence-corrected chi connectivity index (χ2v) is 3.48. The number of nitrogens with one attached hydrogen (secondary N) is 1. The third kappa shape index (κ3) is 1.93. The van der Waals surface area contributed by atoms with Crippen LogP contribution in [0.3, 0.4) is 0 Å². The largest absolute Gasteiger partial charge is 0.382 e. The van der Waals surface area contributed by atoms with Crippen LogP contribution in [0.15, 0.2) is 30.3 Å². The molecule has 1 heterocycles. The highest BCUT2D eigenvalue weighted by Gasteiger charge is 1.99. The Morgan fingerprint density at radius 3 is 2.57 bits per heavy atom. The van der Waals surface area contributed by atoms with Crippen molar-refractivity contribution in [1.29, 1.82) is 0 Å². The summed E-state index contributed by atoms with van der Waals surface area (Å²) in [5.41, 5.74) is 9.10. The van der Waals surface area contributed by atoms with Crippen LogP contribution >= 0.6 is 0 Å². The first-order valence-electron chi connectivity index (χ1n) is 4.59. The number of aromatic nitrogens is 2. The minimum atomic E-state index is 0.548. The number of aryl methyl sites for hydroxylation is 1.